The fraction of sp³-hybridized carbons (Fsp3) is 0.533. The minimum absolute atomic E-state index is 0.0378. The molecule has 1 aromatic carbocycles. The topological polar surface area (TPSA) is 64.3 Å². The summed E-state index contributed by atoms with van der Waals surface area (Å²) in [5.41, 5.74) is 7.98. The number of nitrogen functional groups attached to an aromatic ring is 1. The van der Waals surface area contributed by atoms with Crippen LogP contribution in [-0.2, 0) is 4.74 Å². The lowest BCUT2D eigenvalue weighted by molar-refractivity contribution is -0.0942. The monoisotopic (exact) mass is 262 g/mol. The van der Waals surface area contributed by atoms with Crippen LogP contribution >= 0.6 is 0 Å². The Morgan fingerprint density at radius 2 is 2.16 bits per heavy atom. The van der Waals surface area contributed by atoms with E-state index in [1.165, 1.54) is 0 Å². The van der Waals surface area contributed by atoms with Crippen molar-refractivity contribution in [3.63, 3.8) is 0 Å². The van der Waals surface area contributed by atoms with Crippen molar-refractivity contribution in [3.05, 3.63) is 29.3 Å². The molecule has 0 radical (unpaired) electrons. The number of nitrogens with one attached hydrogen (secondary N) is 1. The van der Waals surface area contributed by atoms with Crippen molar-refractivity contribution in [2.24, 2.45) is 5.41 Å². The molecule has 1 aliphatic carbocycles. The summed E-state index contributed by atoms with van der Waals surface area (Å²) >= 11 is 0. The van der Waals surface area contributed by atoms with E-state index in [1.54, 1.807) is 13.2 Å². The average Bonchev–Trinajstić information content (AvgIpc) is 2.33. The number of carbonyl (C=O) groups excluding carboxylic acids is 1. The molecular formula is C15H22N2O2. The molecule has 0 spiro atoms. The van der Waals surface area contributed by atoms with E-state index in [4.69, 9.17) is 10.5 Å². The first-order chi connectivity index (χ1) is 8.86. The molecule has 4 heteroatoms. The Morgan fingerprint density at radius 1 is 1.47 bits per heavy atom. The second-order valence-electron chi connectivity index (χ2n) is 5.90. The maximum atomic E-state index is 12.2. The zero-order valence-electron chi connectivity index (χ0n) is 12.0. The standard InChI is InChI=1S/C15H22N2O2/c1-9-5-6-10(11(16)7-9)14(18)17-12-8-13(19-4)15(12,2)3/h5-7,12-13H,8,16H2,1-4H3,(H,17,18). The molecule has 19 heavy (non-hydrogen) atoms. The number of hydrogen-bond donors (Lipinski definition) is 2. The molecule has 0 heterocycles. The van der Waals surface area contributed by atoms with Crippen molar-refractivity contribution in [1.29, 1.82) is 0 Å². The Labute approximate surface area is 114 Å². The zero-order valence-corrected chi connectivity index (χ0v) is 12.0. The van der Waals surface area contributed by atoms with Gasteiger partial charge in [-0.15, -0.1) is 0 Å². The number of hydrogen-bond acceptors (Lipinski definition) is 3. The number of anilines is 1. The SMILES string of the molecule is COC1CC(NC(=O)c2ccc(C)cc2N)C1(C)C. The van der Waals surface area contributed by atoms with Crippen molar-refractivity contribution in [2.45, 2.75) is 39.3 Å². The third-order valence-electron chi connectivity index (χ3n) is 4.22. The fourth-order valence-electron chi connectivity index (χ4n) is 2.66. The van der Waals surface area contributed by atoms with Gasteiger partial charge in [-0.2, -0.15) is 0 Å². The van der Waals surface area contributed by atoms with Crippen LogP contribution in [0.1, 0.15) is 36.2 Å². The highest BCUT2D eigenvalue weighted by Gasteiger charge is 2.49. The van der Waals surface area contributed by atoms with Gasteiger partial charge in [0.05, 0.1) is 11.7 Å². The van der Waals surface area contributed by atoms with Gasteiger partial charge in [-0.3, -0.25) is 4.79 Å². The second-order valence-corrected chi connectivity index (χ2v) is 5.90. The van der Waals surface area contributed by atoms with Gasteiger partial charge < -0.3 is 15.8 Å². The number of rotatable bonds is 3. The van der Waals surface area contributed by atoms with Gasteiger partial charge in [0, 0.05) is 24.3 Å². The Hall–Kier alpha value is -1.55. The quantitative estimate of drug-likeness (QED) is 0.820. The molecule has 0 bridgehead atoms. The minimum Gasteiger partial charge on any atom is -0.398 e. The Morgan fingerprint density at radius 3 is 2.68 bits per heavy atom. The lowest BCUT2D eigenvalue weighted by atomic mass is 9.64. The van der Waals surface area contributed by atoms with E-state index in [0.29, 0.717) is 11.3 Å². The molecule has 4 nitrogen and oxygen atoms in total. The van der Waals surface area contributed by atoms with Gasteiger partial charge in [-0.1, -0.05) is 19.9 Å². The van der Waals surface area contributed by atoms with Gasteiger partial charge >= 0.3 is 0 Å². The number of carbonyl (C=O) groups is 1. The van der Waals surface area contributed by atoms with E-state index in [9.17, 15) is 4.79 Å². The molecule has 1 amide bonds. The van der Waals surface area contributed by atoms with Crippen molar-refractivity contribution in [1.82, 2.24) is 5.32 Å². The van der Waals surface area contributed by atoms with Gasteiger partial charge in [-0.05, 0) is 31.0 Å². The van der Waals surface area contributed by atoms with Crippen LogP contribution in [0.15, 0.2) is 18.2 Å². The van der Waals surface area contributed by atoms with Crippen molar-refractivity contribution >= 4 is 11.6 Å². The summed E-state index contributed by atoms with van der Waals surface area (Å²) in [5, 5.41) is 3.05. The largest absolute Gasteiger partial charge is 0.398 e. The molecule has 1 aliphatic rings. The Bertz CT molecular complexity index is 497. The summed E-state index contributed by atoms with van der Waals surface area (Å²) in [6, 6.07) is 5.62. The predicted molar refractivity (Wildman–Crippen MR) is 76.0 cm³/mol. The van der Waals surface area contributed by atoms with Crippen molar-refractivity contribution < 1.29 is 9.53 Å². The van der Waals surface area contributed by atoms with E-state index in [2.05, 4.69) is 19.2 Å². The van der Waals surface area contributed by atoms with Gasteiger partial charge in [0.15, 0.2) is 0 Å². The molecule has 0 aromatic heterocycles. The average molecular weight is 262 g/mol. The molecule has 1 saturated carbocycles. The molecule has 0 saturated heterocycles. The van der Waals surface area contributed by atoms with E-state index < -0.39 is 0 Å². The van der Waals surface area contributed by atoms with Crippen LogP contribution in [0.2, 0.25) is 0 Å². The number of amides is 1. The van der Waals surface area contributed by atoms with Crippen LogP contribution in [0.5, 0.6) is 0 Å². The van der Waals surface area contributed by atoms with Crippen LogP contribution < -0.4 is 11.1 Å². The number of benzene rings is 1. The summed E-state index contributed by atoms with van der Waals surface area (Å²) < 4.78 is 5.38. The van der Waals surface area contributed by atoms with Gasteiger partial charge in [0.1, 0.15) is 0 Å². The summed E-state index contributed by atoms with van der Waals surface area (Å²) in [4.78, 5) is 12.2. The molecular weight excluding hydrogens is 240 g/mol. The molecule has 104 valence electrons. The number of methoxy groups -OCH3 is 1. The molecule has 2 unspecified atom stereocenters. The highest BCUT2D eigenvalue weighted by atomic mass is 16.5. The van der Waals surface area contributed by atoms with Crippen LogP contribution in [0.25, 0.3) is 0 Å². The third-order valence-corrected chi connectivity index (χ3v) is 4.22. The molecule has 2 atom stereocenters. The maximum Gasteiger partial charge on any atom is 0.253 e. The predicted octanol–water partition coefficient (Wildman–Crippen LogP) is 2.12. The van der Waals surface area contributed by atoms with Crippen molar-refractivity contribution in [2.75, 3.05) is 12.8 Å². The first kappa shape index (κ1) is 13.9. The zero-order chi connectivity index (χ0) is 14.2. The van der Waals surface area contributed by atoms with Gasteiger partial charge in [0.25, 0.3) is 5.91 Å². The smallest absolute Gasteiger partial charge is 0.253 e. The molecule has 1 fully saturated rings. The van der Waals surface area contributed by atoms with Crippen LogP contribution in [0.4, 0.5) is 5.69 Å². The number of nitrogens with two attached hydrogens (primary N) is 1. The highest BCUT2D eigenvalue weighted by molar-refractivity contribution is 5.99. The Kier molecular flexibility index (Phi) is 3.54. The van der Waals surface area contributed by atoms with Crippen molar-refractivity contribution in [3.8, 4) is 0 Å². The fourth-order valence-corrected chi connectivity index (χ4v) is 2.66. The van der Waals surface area contributed by atoms with Crippen LogP contribution in [0.3, 0.4) is 0 Å². The van der Waals surface area contributed by atoms with E-state index >= 15 is 0 Å². The normalized spacial score (nSPS) is 24.6. The van der Waals surface area contributed by atoms with E-state index in [-0.39, 0.29) is 23.5 Å². The maximum absolute atomic E-state index is 12.2. The van der Waals surface area contributed by atoms with Crippen LogP contribution in [-0.4, -0.2) is 25.2 Å². The molecule has 1 aromatic rings. The second kappa shape index (κ2) is 4.85. The first-order valence-corrected chi connectivity index (χ1v) is 6.56. The summed E-state index contributed by atoms with van der Waals surface area (Å²) in [6.07, 6.45) is 1.05. The number of aryl methyl sites for hydroxylation is 1. The molecule has 0 aliphatic heterocycles. The van der Waals surface area contributed by atoms with E-state index in [1.807, 2.05) is 19.1 Å². The summed E-state index contributed by atoms with van der Waals surface area (Å²) in [6.45, 7) is 6.17. The third kappa shape index (κ3) is 2.45. The lowest BCUT2D eigenvalue weighted by Gasteiger charge is -2.51. The first-order valence-electron chi connectivity index (χ1n) is 6.56. The summed E-state index contributed by atoms with van der Waals surface area (Å²) in [5.74, 6) is -0.106. The Balaban J connectivity index is 2.07. The molecule has 3 N–H and O–H groups in total. The highest BCUT2D eigenvalue weighted by Crippen LogP contribution is 2.42. The lowest BCUT2D eigenvalue weighted by Crippen LogP contribution is -2.61. The number of ether oxygens (including phenoxy) is 1. The summed E-state index contributed by atoms with van der Waals surface area (Å²) in [7, 11) is 1.71. The van der Waals surface area contributed by atoms with E-state index in [0.717, 1.165) is 12.0 Å². The molecule has 2 rings (SSSR count). The van der Waals surface area contributed by atoms with Gasteiger partial charge in [0.2, 0.25) is 0 Å². The minimum atomic E-state index is -0.106. The van der Waals surface area contributed by atoms with Gasteiger partial charge in [-0.25, -0.2) is 0 Å². The van der Waals surface area contributed by atoms with Crippen LogP contribution in [0, 0.1) is 12.3 Å².